The highest BCUT2D eigenvalue weighted by Crippen LogP contribution is 2.28. The fourth-order valence-electron chi connectivity index (χ4n) is 1.84. The molecule has 1 aliphatic rings. The van der Waals surface area contributed by atoms with Crippen LogP contribution in [0.1, 0.15) is 21.5 Å². The minimum atomic E-state index is -0.463. The molecule has 0 bridgehead atoms. The number of rotatable bonds is 1. The Labute approximate surface area is 91.1 Å². The first kappa shape index (κ1) is 8.91. The summed E-state index contributed by atoms with van der Waals surface area (Å²) >= 11 is 0. The highest BCUT2D eigenvalue weighted by atomic mass is 16.3. The van der Waals surface area contributed by atoms with E-state index in [2.05, 4.69) is 4.99 Å². The fraction of sp³-hybridized carbons (Fsp3) is 0. The van der Waals surface area contributed by atoms with Crippen LogP contribution >= 0.6 is 0 Å². The lowest BCUT2D eigenvalue weighted by Crippen LogP contribution is -2.10. The molecule has 1 amide bonds. The third-order valence-electron chi connectivity index (χ3n) is 2.57. The van der Waals surface area contributed by atoms with E-state index in [1.165, 1.54) is 0 Å². The Morgan fingerprint density at radius 2 is 2.19 bits per heavy atom. The molecule has 0 atom stereocenters. The van der Waals surface area contributed by atoms with Gasteiger partial charge in [-0.1, -0.05) is 0 Å². The zero-order valence-corrected chi connectivity index (χ0v) is 8.31. The molecule has 4 nitrogen and oxygen atoms in total. The zero-order chi connectivity index (χ0) is 11.1. The van der Waals surface area contributed by atoms with Crippen molar-refractivity contribution in [2.45, 2.75) is 0 Å². The second kappa shape index (κ2) is 3.06. The van der Waals surface area contributed by atoms with E-state index in [0.717, 1.165) is 16.5 Å². The predicted octanol–water partition coefficient (Wildman–Crippen LogP) is 1.93. The van der Waals surface area contributed by atoms with Crippen molar-refractivity contribution in [2.75, 3.05) is 0 Å². The molecule has 2 heterocycles. The number of hydrogen-bond donors (Lipinski definition) is 1. The van der Waals surface area contributed by atoms with Gasteiger partial charge in [0, 0.05) is 28.9 Å². The molecule has 0 unspecified atom stereocenters. The number of aliphatic imine (C=N–C) groups is 1. The standard InChI is InChI=1S/C12H8N2O2/c13-12(15)8-3-7-1-2-14-5-9-6-16-10(4-8)11(7)9/h1-6H,(H2,13,15). The number of furan rings is 1. The number of nitrogens with two attached hydrogens (primary N) is 1. The Morgan fingerprint density at radius 1 is 1.31 bits per heavy atom. The van der Waals surface area contributed by atoms with Crippen LogP contribution in [0.2, 0.25) is 0 Å². The Hall–Kier alpha value is -2.36. The molecule has 78 valence electrons. The highest BCUT2D eigenvalue weighted by molar-refractivity contribution is 6.06. The second-order valence-electron chi connectivity index (χ2n) is 3.59. The van der Waals surface area contributed by atoms with Crippen molar-refractivity contribution in [3.63, 3.8) is 0 Å². The van der Waals surface area contributed by atoms with Crippen LogP contribution in [0.15, 0.2) is 34.0 Å². The van der Waals surface area contributed by atoms with Crippen LogP contribution in [0.25, 0.3) is 17.0 Å². The van der Waals surface area contributed by atoms with Crippen molar-refractivity contribution in [2.24, 2.45) is 10.7 Å². The van der Waals surface area contributed by atoms with Gasteiger partial charge in [0.2, 0.25) is 5.91 Å². The first-order valence-corrected chi connectivity index (χ1v) is 4.80. The summed E-state index contributed by atoms with van der Waals surface area (Å²) < 4.78 is 5.37. The van der Waals surface area contributed by atoms with Crippen molar-refractivity contribution < 1.29 is 9.21 Å². The van der Waals surface area contributed by atoms with Crippen LogP contribution in [0, 0.1) is 0 Å². The number of hydrogen-bond acceptors (Lipinski definition) is 3. The molecule has 16 heavy (non-hydrogen) atoms. The summed E-state index contributed by atoms with van der Waals surface area (Å²) in [6.07, 6.45) is 6.86. The van der Waals surface area contributed by atoms with Gasteiger partial charge >= 0.3 is 0 Å². The van der Waals surface area contributed by atoms with E-state index in [1.54, 1.807) is 30.8 Å². The molecular weight excluding hydrogens is 204 g/mol. The van der Waals surface area contributed by atoms with E-state index in [1.807, 2.05) is 6.08 Å². The molecule has 0 aliphatic carbocycles. The van der Waals surface area contributed by atoms with Gasteiger partial charge in [0.1, 0.15) is 11.8 Å². The Balaban J connectivity index is 2.42. The van der Waals surface area contributed by atoms with Crippen LogP contribution < -0.4 is 5.73 Å². The molecule has 3 rings (SSSR count). The lowest BCUT2D eigenvalue weighted by Gasteiger charge is -2.00. The summed E-state index contributed by atoms with van der Waals surface area (Å²) in [5.41, 5.74) is 8.15. The number of primary amides is 1. The van der Waals surface area contributed by atoms with Gasteiger partial charge in [-0.05, 0) is 23.8 Å². The number of carbonyl (C=O) groups is 1. The maximum atomic E-state index is 11.1. The lowest BCUT2D eigenvalue weighted by molar-refractivity contribution is 0.100. The van der Waals surface area contributed by atoms with E-state index >= 15 is 0 Å². The average molecular weight is 212 g/mol. The van der Waals surface area contributed by atoms with Crippen LogP contribution in [0.5, 0.6) is 0 Å². The topological polar surface area (TPSA) is 68.6 Å². The van der Waals surface area contributed by atoms with Crippen LogP contribution in [0.4, 0.5) is 0 Å². The summed E-state index contributed by atoms with van der Waals surface area (Å²) in [5, 5.41) is 0.961. The quantitative estimate of drug-likeness (QED) is 0.784. The summed E-state index contributed by atoms with van der Waals surface area (Å²) in [6.45, 7) is 0. The van der Waals surface area contributed by atoms with Crippen molar-refractivity contribution >= 4 is 29.2 Å². The molecule has 2 aromatic rings. The summed E-state index contributed by atoms with van der Waals surface area (Å²) in [5.74, 6) is -0.463. The first-order valence-electron chi connectivity index (χ1n) is 4.80. The lowest BCUT2D eigenvalue weighted by atomic mass is 10.0. The van der Waals surface area contributed by atoms with Gasteiger partial charge < -0.3 is 10.2 Å². The highest BCUT2D eigenvalue weighted by Gasteiger charge is 2.13. The third-order valence-corrected chi connectivity index (χ3v) is 2.57. The molecule has 0 saturated carbocycles. The van der Waals surface area contributed by atoms with Gasteiger partial charge in [0.15, 0.2) is 0 Å². The van der Waals surface area contributed by atoms with Crippen molar-refractivity contribution in [3.8, 4) is 0 Å². The predicted molar refractivity (Wildman–Crippen MR) is 61.4 cm³/mol. The van der Waals surface area contributed by atoms with Crippen LogP contribution in [-0.2, 0) is 0 Å². The molecule has 1 aliphatic heterocycles. The molecule has 1 aromatic carbocycles. The molecular formula is C12H8N2O2. The van der Waals surface area contributed by atoms with Crippen molar-refractivity contribution in [3.05, 3.63) is 41.3 Å². The minimum absolute atomic E-state index is 0.440. The molecule has 0 saturated heterocycles. The van der Waals surface area contributed by atoms with Crippen molar-refractivity contribution in [1.29, 1.82) is 0 Å². The van der Waals surface area contributed by atoms with Gasteiger partial charge in [0.05, 0.1) is 0 Å². The van der Waals surface area contributed by atoms with Gasteiger partial charge in [-0.15, -0.1) is 0 Å². The van der Waals surface area contributed by atoms with E-state index in [9.17, 15) is 4.79 Å². The first-order chi connectivity index (χ1) is 7.75. The SMILES string of the molecule is NC(=O)c1cc2c3c(coc3c1)C=NC=C2. The van der Waals surface area contributed by atoms with Crippen LogP contribution in [0.3, 0.4) is 0 Å². The summed E-state index contributed by atoms with van der Waals surface area (Å²) in [4.78, 5) is 15.2. The van der Waals surface area contributed by atoms with E-state index in [4.69, 9.17) is 10.2 Å². The normalized spacial score (nSPS) is 13.0. The molecule has 2 N–H and O–H groups in total. The van der Waals surface area contributed by atoms with Crippen LogP contribution in [-0.4, -0.2) is 12.1 Å². The minimum Gasteiger partial charge on any atom is -0.464 e. The fourth-order valence-corrected chi connectivity index (χ4v) is 1.84. The second-order valence-corrected chi connectivity index (χ2v) is 3.59. The zero-order valence-electron chi connectivity index (χ0n) is 8.31. The number of nitrogens with zero attached hydrogens (tertiary/aromatic N) is 1. The number of amides is 1. The Morgan fingerprint density at radius 3 is 3.00 bits per heavy atom. The van der Waals surface area contributed by atoms with E-state index in [0.29, 0.717) is 11.1 Å². The molecule has 0 spiro atoms. The maximum absolute atomic E-state index is 11.1. The number of carbonyl (C=O) groups excluding carboxylic acids is 1. The molecule has 0 fully saturated rings. The van der Waals surface area contributed by atoms with Crippen molar-refractivity contribution in [1.82, 2.24) is 0 Å². The Bertz CT molecular complexity index is 650. The smallest absolute Gasteiger partial charge is 0.248 e. The Kier molecular flexibility index (Phi) is 1.71. The van der Waals surface area contributed by atoms with E-state index < -0.39 is 5.91 Å². The summed E-state index contributed by atoms with van der Waals surface area (Å²) in [7, 11) is 0. The third kappa shape index (κ3) is 1.16. The monoisotopic (exact) mass is 212 g/mol. The van der Waals surface area contributed by atoms with Gasteiger partial charge in [-0.25, -0.2) is 0 Å². The van der Waals surface area contributed by atoms with E-state index in [-0.39, 0.29) is 0 Å². The largest absolute Gasteiger partial charge is 0.464 e. The molecule has 0 radical (unpaired) electrons. The summed E-state index contributed by atoms with van der Waals surface area (Å²) in [6, 6.07) is 3.40. The van der Waals surface area contributed by atoms with Gasteiger partial charge in [-0.3, -0.25) is 9.79 Å². The average Bonchev–Trinajstić information content (AvgIpc) is 2.55. The van der Waals surface area contributed by atoms with Gasteiger partial charge in [0.25, 0.3) is 0 Å². The molecule has 1 aromatic heterocycles. The molecule has 4 heteroatoms. The maximum Gasteiger partial charge on any atom is 0.248 e. The number of benzene rings is 1. The van der Waals surface area contributed by atoms with Gasteiger partial charge in [-0.2, -0.15) is 0 Å².